The third-order valence-electron chi connectivity index (χ3n) is 2.76. The number of anilines is 1. The number of carbonyl (C=O) groups is 1. The van der Waals surface area contributed by atoms with Crippen molar-refractivity contribution < 1.29 is 9.53 Å². The van der Waals surface area contributed by atoms with Crippen LogP contribution in [0.15, 0.2) is 23.3 Å². The van der Waals surface area contributed by atoms with Crippen molar-refractivity contribution in [3.05, 3.63) is 34.2 Å². The van der Waals surface area contributed by atoms with Gasteiger partial charge in [0.25, 0.3) is 0 Å². The van der Waals surface area contributed by atoms with Crippen molar-refractivity contribution in [3.63, 3.8) is 0 Å². The molecule has 0 fully saturated rings. The summed E-state index contributed by atoms with van der Waals surface area (Å²) in [5, 5.41) is 6.24. The molecule has 0 spiro atoms. The molecule has 0 radical (unpaired) electrons. The zero-order valence-corrected chi connectivity index (χ0v) is 9.38. The Labute approximate surface area is 98.2 Å². The number of azide groups is 1. The van der Waals surface area contributed by atoms with Gasteiger partial charge in [0.1, 0.15) is 11.8 Å². The summed E-state index contributed by atoms with van der Waals surface area (Å²) >= 11 is 0. The van der Waals surface area contributed by atoms with E-state index in [2.05, 4.69) is 15.3 Å². The van der Waals surface area contributed by atoms with E-state index in [4.69, 9.17) is 10.3 Å². The summed E-state index contributed by atoms with van der Waals surface area (Å²) in [6.45, 7) is 0. The second-order valence-corrected chi connectivity index (χ2v) is 3.77. The highest BCUT2D eigenvalue weighted by molar-refractivity contribution is 5.96. The van der Waals surface area contributed by atoms with Gasteiger partial charge in [-0.2, -0.15) is 0 Å². The summed E-state index contributed by atoms with van der Waals surface area (Å²) in [6.07, 6.45) is 1.22. The maximum absolute atomic E-state index is 11.7. The van der Waals surface area contributed by atoms with Crippen LogP contribution in [0.4, 0.5) is 5.69 Å². The third-order valence-corrected chi connectivity index (χ3v) is 2.76. The van der Waals surface area contributed by atoms with Gasteiger partial charge in [-0.25, -0.2) is 0 Å². The normalized spacial score (nSPS) is 18.4. The predicted octanol–water partition coefficient (Wildman–Crippen LogP) is 2.26. The van der Waals surface area contributed by atoms with Crippen LogP contribution in [0, 0.1) is 0 Å². The number of aryl methyl sites for hydroxylation is 1. The van der Waals surface area contributed by atoms with E-state index in [0.29, 0.717) is 18.6 Å². The van der Waals surface area contributed by atoms with E-state index in [1.54, 1.807) is 13.2 Å². The first-order valence-electron chi connectivity index (χ1n) is 5.26. The standard InChI is InChI=1S/C11H12N4O2/c1-17-8-4-2-7-3-5-9(14-15-12)11(16)13-10(7)6-8/h2,4,6,9H,3,5H2,1H3,(H,13,16). The van der Waals surface area contributed by atoms with E-state index < -0.39 is 6.04 Å². The topological polar surface area (TPSA) is 87.1 Å². The Balaban J connectivity index is 2.31. The first-order chi connectivity index (χ1) is 8.24. The molecule has 1 N–H and O–H groups in total. The zero-order valence-electron chi connectivity index (χ0n) is 9.38. The number of amides is 1. The molecule has 1 heterocycles. The van der Waals surface area contributed by atoms with Crippen LogP contribution in [0.2, 0.25) is 0 Å². The number of benzene rings is 1. The number of methoxy groups -OCH3 is 1. The number of hydrogen-bond acceptors (Lipinski definition) is 3. The lowest BCUT2D eigenvalue weighted by molar-refractivity contribution is -0.117. The van der Waals surface area contributed by atoms with Gasteiger partial charge < -0.3 is 10.1 Å². The van der Waals surface area contributed by atoms with Crippen molar-refractivity contribution in [3.8, 4) is 5.75 Å². The number of hydrogen-bond donors (Lipinski definition) is 1. The molecule has 88 valence electrons. The Kier molecular flexibility index (Phi) is 3.16. The van der Waals surface area contributed by atoms with Gasteiger partial charge in [0.2, 0.25) is 5.91 Å². The van der Waals surface area contributed by atoms with Gasteiger partial charge in [-0.05, 0) is 30.0 Å². The quantitative estimate of drug-likeness (QED) is 0.481. The molecular weight excluding hydrogens is 220 g/mol. The number of ether oxygens (including phenoxy) is 1. The Bertz CT molecular complexity index is 494. The molecule has 1 atom stereocenters. The van der Waals surface area contributed by atoms with Crippen LogP contribution in [0.5, 0.6) is 5.75 Å². The van der Waals surface area contributed by atoms with E-state index in [0.717, 1.165) is 11.3 Å². The number of rotatable bonds is 2. The van der Waals surface area contributed by atoms with Crippen LogP contribution in [-0.4, -0.2) is 19.1 Å². The molecule has 1 aliphatic heterocycles. The average Bonchev–Trinajstić information content (AvgIpc) is 2.49. The van der Waals surface area contributed by atoms with Crippen LogP contribution in [0.3, 0.4) is 0 Å². The minimum atomic E-state index is -0.640. The fourth-order valence-electron chi connectivity index (χ4n) is 1.83. The lowest BCUT2D eigenvalue weighted by Gasteiger charge is -2.08. The molecule has 1 aromatic rings. The van der Waals surface area contributed by atoms with E-state index in [-0.39, 0.29) is 5.91 Å². The van der Waals surface area contributed by atoms with Gasteiger partial charge in [0, 0.05) is 16.7 Å². The van der Waals surface area contributed by atoms with E-state index in [1.807, 2.05) is 12.1 Å². The van der Waals surface area contributed by atoms with Gasteiger partial charge in [0.05, 0.1) is 7.11 Å². The molecule has 0 aromatic heterocycles. The molecule has 1 aliphatic rings. The maximum Gasteiger partial charge on any atom is 0.233 e. The molecule has 6 nitrogen and oxygen atoms in total. The Morgan fingerprint density at radius 1 is 1.59 bits per heavy atom. The predicted molar refractivity (Wildman–Crippen MR) is 62.9 cm³/mol. The van der Waals surface area contributed by atoms with E-state index in [9.17, 15) is 4.79 Å². The largest absolute Gasteiger partial charge is 0.497 e. The molecule has 2 rings (SSSR count). The molecule has 0 saturated heterocycles. The number of fused-ring (bicyclic) bond motifs is 1. The number of nitrogens with zero attached hydrogens (tertiary/aromatic N) is 3. The minimum Gasteiger partial charge on any atom is -0.497 e. The summed E-state index contributed by atoms with van der Waals surface area (Å²) in [6, 6.07) is 4.88. The van der Waals surface area contributed by atoms with Gasteiger partial charge in [0.15, 0.2) is 0 Å². The molecule has 0 saturated carbocycles. The van der Waals surface area contributed by atoms with E-state index >= 15 is 0 Å². The molecule has 1 aromatic carbocycles. The first-order valence-corrected chi connectivity index (χ1v) is 5.26. The van der Waals surface area contributed by atoms with Crippen molar-refractivity contribution in [1.29, 1.82) is 0 Å². The van der Waals surface area contributed by atoms with Crippen molar-refractivity contribution in [1.82, 2.24) is 0 Å². The fourth-order valence-corrected chi connectivity index (χ4v) is 1.83. The molecular formula is C11H12N4O2. The highest BCUT2D eigenvalue weighted by atomic mass is 16.5. The zero-order chi connectivity index (χ0) is 12.3. The summed E-state index contributed by atoms with van der Waals surface area (Å²) < 4.78 is 5.10. The van der Waals surface area contributed by atoms with Crippen LogP contribution in [0.1, 0.15) is 12.0 Å². The lowest BCUT2D eigenvalue weighted by atomic mass is 10.1. The summed E-state index contributed by atoms with van der Waals surface area (Å²) in [4.78, 5) is 14.4. The minimum absolute atomic E-state index is 0.269. The monoisotopic (exact) mass is 232 g/mol. The molecule has 0 bridgehead atoms. The highest BCUT2D eigenvalue weighted by Gasteiger charge is 2.22. The summed E-state index contributed by atoms with van der Waals surface area (Å²) in [5.74, 6) is 0.418. The fraction of sp³-hybridized carbons (Fsp3) is 0.364. The smallest absolute Gasteiger partial charge is 0.233 e. The second kappa shape index (κ2) is 4.76. The van der Waals surface area contributed by atoms with Crippen molar-refractivity contribution in [2.75, 3.05) is 12.4 Å². The Morgan fingerprint density at radius 3 is 3.12 bits per heavy atom. The van der Waals surface area contributed by atoms with Gasteiger partial charge in [-0.3, -0.25) is 4.79 Å². The second-order valence-electron chi connectivity index (χ2n) is 3.77. The van der Waals surface area contributed by atoms with Crippen molar-refractivity contribution in [2.24, 2.45) is 5.11 Å². The van der Waals surface area contributed by atoms with Crippen LogP contribution in [-0.2, 0) is 11.2 Å². The Hall–Kier alpha value is -2.20. The van der Waals surface area contributed by atoms with Gasteiger partial charge >= 0.3 is 0 Å². The van der Waals surface area contributed by atoms with Crippen LogP contribution >= 0.6 is 0 Å². The SMILES string of the molecule is COc1ccc2c(c1)NC(=O)C(N=[N+]=[N-])CC2. The molecule has 1 unspecified atom stereocenters. The third kappa shape index (κ3) is 2.32. The van der Waals surface area contributed by atoms with Crippen molar-refractivity contribution >= 4 is 11.6 Å². The van der Waals surface area contributed by atoms with Gasteiger partial charge in [-0.15, -0.1) is 0 Å². The molecule has 6 heteroatoms. The lowest BCUT2D eigenvalue weighted by Crippen LogP contribution is -2.24. The van der Waals surface area contributed by atoms with Crippen LogP contribution < -0.4 is 10.1 Å². The number of nitrogens with one attached hydrogen (secondary N) is 1. The molecule has 17 heavy (non-hydrogen) atoms. The summed E-state index contributed by atoms with van der Waals surface area (Å²) in [5.41, 5.74) is 10.1. The summed E-state index contributed by atoms with van der Waals surface area (Å²) in [7, 11) is 1.57. The van der Waals surface area contributed by atoms with Crippen LogP contribution in [0.25, 0.3) is 10.4 Å². The van der Waals surface area contributed by atoms with Gasteiger partial charge in [-0.1, -0.05) is 11.2 Å². The molecule has 0 aliphatic carbocycles. The maximum atomic E-state index is 11.7. The highest BCUT2D eigenvalue weighted by Crippen LogP contribution is 2.27. The Morgan fingerprint density at radius 2 is 2.41 bits per heavy atom. The van der Waals surface area contributed by atoms with E-state index in [1.165, 1.54) is 0 Å². The average molecular weight is 232 g/mol. The first kappa shape index (κ1) is 11.3. The number of carbonyl (C=O) groups excluding carboxylic acids is 1. The van der Waals surface area contributed by atoms with Crippen molar-refractivity contribution in [2.45, 2.75) is 18.9 Å². The molecule has 1 amide bonds.